The molecule has 0 saturated heterocycles. The van der Waals surface area contributed by atoms with E-state index in [1.165, 1.54) is 0 Å². The summed E-state index contributed by atoms with van der Waals surface area (Å²) < 4.78 is 23.4. The van der Waals surface area contributed by atoms with E-state index in [4.69, 9.17) is 15.2 Å². The Morgan fingerprint density at radius 3 is 2.75 bits per heavy atom. The van der Waals surface area contributed by atoms with Crippen LogP contribution in [0.4, 0.5) is 11.6 Å². The number of fused-ring (bicyclic) bond motifs is 1. The molecule has 0 amide bonds. The van der Waals surface area contributed by atoms with Gasteiger partial charge >= 0.3 is 0 Å². The average molecular weight is 404 g/mol. The van der Waals surface area contributed by atoms with Gasteiger partial charge in [-0.1, -0.05) is 6.07 Å². The number of nitrogens with zero attached hydrogens (tertiary/aromatic N) is 3. The number of anilines is 2. The molecule has 0 spiro atoms. The Morgan fingerprint density at radius 1 is 1.21 bits per heavy atom. The molecule has 2 heterocycles. The van der Waals surface area contributed by atoms with E-state index >= 15 is 0 Å². The number of aliphatic hydroxyl groups excluding tert-OH is 1. The molecule has 1 aromatic carbocycles. The second kappa shape index (κ2) is 7.65. The van der Waals surface area contributed by atoms with Gasteiger partial charge in [-0.3, -0.25) is 0 Å². The van der Waals surface area contributed by atoms with Crippen LogP contribution >= 0.6 is 0 Å². The molecule has 2 aromatic rings. The first-order chi connectivity index (χ1) is 13.4. The molecule has 4 N–H and O–H groups in total. The number of hydrogen-bond acceptors (Lipinski definition) is 7. The van der Waals surface area contributed by atoms with Crippen LogP contribution in [0.2, 0.25) is 0 Å². The summed E-state index contributed by atoms with van der Waals surface area (Å²) in [6.45, 7) is 2.17. The zero-order chi connectivity index (χ0) is 19.7. The third kappa shape index (κ3) is 4.26. The highest BCUT2D eigenvalue weighted by molar-refractivity contribution is 7.89. The van der Waals surface area contributed by atoms with Crippen LogP contribution in [0.1, 0.15) is 42.1 Å². The Bertz CT molecular complexity index is 976. The molecule has 0 bridgehead atoms. The highest BCUT2D eigenvalue weighted by Gasteiger charge is 2.28. The summed E-state index contributed by atoms with van der Waals surface area (Å²) in [5, 5.41) is 17.5. The summed E-state index contributed by atoms with van der Waals surface area (Å²) >= 11 is 0. The molecule has 2 aliphatic rings. The molecule has 1 aromatic heterocycles. The first-order valence-electron chi connectivity index (χ1n) is 9.57. The summed E-state index contributed by atoms with van der Waals surface area (Å²) in [6, 6.07) is 7.02. The van der Waals surface area contributed by atoms with Crippen molar-refractivity contribution in [1.82, 2.24) is 9.97 Å². The van der Waals surface area contributed by atoms with Crippen LogP contribution in [0.15, 0.2) is 29.2 Å². The van der Waals surface area contributed by atoms with Crippen LogP contribution in [0, 0.1) is 0 Å². The average Bonchev–Trinajstić information content (AvgIpc) is 3.52. The van der Waals surface area contributed by atoms with Crippen molar-refractivity contribution in [3.05, 3.63) is 41.2 Å². The van der Waals surface area contributed by atoms with Gasteiger partial charge in [-0.15, -0.1) is 0 Å². The number of aliphatic hydroxyl groups is 1. The Kier molecular flexibility index (Phi) is 5.22. The highest BCUT2D eigenvalue weighted by Crippen LogP contribution is 2.39. The van der Waals surface area contributed by atoms with E-state index in [0.29, 0.717) is 25.4 Å². The molecule has 8 nitrogen and oxygen atoms in total. The maximum absolute atomic E-state index is 11.7. The third-order valence-electron chi connectivity index (χ3n) is 5.16. The van der Waals surface area contributed by atoms with E-state index in [1.807, 2.05) is 12.1 Å². The lowest BCUT2D eigenvalue weighted by molar-refractivity contribution is 0.292. The monoisotopic (exact) mass is 403 g/mol. The Morgan fingerprint density at radius 2 is 2.04 bits per heavy atom. The summed E-state index contributed by atoms with van der Waals surface area (Å²) in [5.41, 5.74) is 2.10. The number of hydrogen-bond donors (Lipinski definition) is 3. The zero-order valence-electron chi connectivity index (χ0n) is 15.6. The molecule has 1 aliphatic heterocycles. The molecule has 4 rings (SSSR count). The Hall–Kier alpha value is -2.23. The lowest BCUT2D eigenvalue weighted by atomic mass is 10.00. The lowest BCUT2D eigenvalue weighted by Gasteiger charge is -2.30. The van der Waals surface area contributed by atoms with E-state index in [1.54, 1.807) is 12.1 Å². The fourth-order valence-corrected chi connectivity index (χ4v) is 4.00. The summed E-state index contributed by atoms with van der Waals surface area (Å²) in [7, 11) is -3.72. The number of aromatic nitrogens is 2. The maximum Gasteiger partial charge on any atom is 0.238 e. The normalized spacial score (nSPS) is 16.7. The largest absolute Gasteiger partial charge is 0.396 e. The maximum atomic E-state index is 11.7. The van der Waals surface area contributed by atoms with Gasteiger partial charge in [0.2, 0.25) is 10.0 Å². The van der Waals surface area contributed by atoms with E-state index in [9.17, 15) is 8.42 Å². The van der Waals surface area contributed by atoms with E-state index in [0.717, 1.165) is 54.4 Å². The molecule has 1 fully saturated rings. The van der Waals surface area contributed by atoms with Crippen LogP contribution in [0.5, 0.6) is 0 Å². The quantitative estimate of drug-likeness (QED) is 0.597. The number of nitrogens with one attached hydrogen (secondary N) is 1. The van der Waals surface area contributed by atoms with Gasteiger partial charge in [0, 0.05) is 38.2 Å². The SMILES string of the molecule is NS(=O)(=O)c1ccc2c(c1)CN(c1cc(NCCCO)nc(C3CC3)n1)CC2. The van der Waals surface area contributed by atoms with Crippen molar-refractivity contribution in [2.45, 2.75) is 43.0 Å². The van der Waals surface area contributed by atoms with E-state index in [-0.39, 0.29) is 11.5 Å². The predicted octanol–water partition coefficient (Wildman–Crippen LogP) is 1.36. The van der Waals surface area contributed by atoms with Crippen LogP contribution in [0.3, 0.4) is 0 Å². The minimum absolute atomic E-state index is 0.135. The fourth-order valence-electron chi connectivity index (χ4n) is 3.43. The second-order valence-electron chi connectivity index (χ2n) is 7.39. The minimum atomic E-state index is -3.72. The van der Waals surface area contributed by atoms with Crippen LogP contribution in [0.25, 0.3) is 0 Å². The Balaban J connectivity index is 1.60. The molecular weight excluding hydrogens is 378 g/mol. The van der Waals surface area contributed by atoms with Crippen molar-refractivity contribution in [1.29, 1.82) is 0 Å². The van der Waals surface area contributed by atoms with Crippen molar-refractivity contribution in [3.63, 3.8) is 0 Å². The number of benzene rings is 1. The molecule has 28 heavy (non-hydrogen) atoms. The summed E-state index contributed by atoms with van der Waals surface area (Å²) in [4.78, 5) is 11.7. The third-order valence-corrected chi connectivity index (χ3v) is 6.07. The number of primary sulfonamides is 1. The first kappa shape index (κ1) is 19.1. The van der Waals surface area contributed by atoms with Crippen molar-refractivity contribution in [2.24, 2.45) is 5.14 Å². The van der Waals surface area contributed by atoms with Gasteiger partial charge in [0.25, 0.3) is 0 Å². The van der Waals surface area contributed by atoms with E-state index in [2.05, 4.69) is 15.2 Å². The highest BCUT2D eigenvalue weighted by atomic mass is 32.2. The van der Waals surface area contributed by atoms with Gasteiger partial charge in [0.15, 0.2) is 0 Å². The standard InChI is InChI=1S/C19H25N5O3S/c20-28(26,27)16-5-4-13-6-8-24(12-15(13)10-16)18-11-17(21-7-1-9-25)22-19(23-18)14-2-3-14/h4-5,10-11,14,25H,1-3,6-9,12H2,(H2,20,26,27)(H,21,22,23). The van der Waals surface area contributed by atoms with Gasteiger partial charge in [0.05, 0.1) is 4.90 Å². The molecule has 0 unspecified atom stereocenters. The van der Waals surface area contributed by atoms with Gasteiger partial charge in [-0.2, -0.15) is 0 Å². The first-order valence-corrected chi connectivity index (χ1v) is 11.1. The Labute approximate surface area is 164 Å². The number of rotatable bonds is 7. The molecule has 0 atom stereocenters. The zero-order valence-corrected chi connectivity index (χ0v) is 16.5. The van der Waals surface area contributed by atoms with Gasteiger partial charge in [-0.05, 0) is 48.9 Å². The summed E-state index contributed by atoms with van der Waals surface area (Å²) in [6.07, 6.45) is 3.70. The second-order valence-corrected chi connectivity index (χ2v) is 8.96. The predicted molar refractivity (Wildman–Crippen MR) is 107 cm³/mol. The lowest BCUT2D eigenvalue weighted by Crippen LogP contribution is -2.31. The minimum Gasteiger partial charge on any atom is -0.396 e. The number of sulfonamides is 1. The topological polar surface area (TPSA) is 121 Å². The fraction of sp³-hybridized carbons (Fsp3) is 0.474. The van der Waals surface area contributed by atoms with Crippen molar-refractivity contribution >= 4 is 21.7 Å². The van der Waals surface area contributed by atoms with Crippen molar-refractivity contribution in [2.75, 3.05) is 29.9 Å². The van der Waals surface area contributed by atoms with E-state index < -0.39 is 10.0 Å². The molecule has 150 valence electrons. The van der Waals surface area contributed by atoms with Gasteiger partial charge < -0.3 is 15.3 Å². The van der Waals surface area contributed by atoms with Gasteiger partial charge in [0.1, 0.15) is 17.5 Å². The van der Waals surface area contributed by atoms with Crippen LogP contribution in [-0.4, -0.2) is 43.2 Å². The number of nitrogens with two attached hydrogens (primary N) is 1. The molecule has 9 heteroatoms. The van der Waals surface area contributed by atoms with Crippen LogP contribution in [-0.2, 0) is 23.0 Å². The smallest absolute Gasteiger partial charge is 0.238 e. The molecule has 0 radical (unpaired) electrons. The van der Waals surface area contributed by atoms with Crippen molar-refractivity contribution in [3.8, 4) is 0 Å². The molecule has 1 aliphatic carbocycles. The van der Waals surface area contributed by atoms with Crippen LogP contribution < -0.4 is 15.4 Å². The summed E-state index contributed by atoms with van der Waals surface area (Å²) in [5.74, 6) is 2.89. The molecular formula is C19H25N5O3S. The molecule has 1 saturated carbocycles. The van der Waals surface area contributed by atoms with Gasteiger partial charge in [-0.25, -0.2) is 23.5 Å². The van der Waals surface area contributed by atoms with Crippen molar-refractivity contribution < 1.29 is 13.5 Å².